The van der Waals surface area contributed by atoms with Crippen LogP contribution in [0.3, 0.4) is 0 Å². The van der Waals surface area contributed by atoms with Crippen molar-refractivity contribution in [1.82, 2.24) is 9.97 Å². The van der Waals surface area contributed by atoms with E-state index in [9.17, 15) is 13.7 Å². The molecule has 0 atom stereocenters. The van der Waals surface area contributed by atoms with Gasteiger partial charge >= 0.3 is 0 Å². The Balaban J connectivity index is 1.56. The molecule has 1 N–H and O–H groups in total. The molecule has 7 nitrogen and oxygen atoms in total. The number of nitriles is 1. The summed E-state index contributed by atoms with van der Waals surface area (Å²) in [5.41, 5.74) is 3.01. The summed E-state index contributed by atoms with van der Waals surface area (Å²) in [5, 5.41) is 11.4. The van der Waals surface area contributed by atoms with Crippen molar-refractivity contribution >= 4 is 26.5 Å². The molecule has 0 bridgehead atoms. The van der Waals surface area contributed by atoms with Crippen LogP contribution >= 0.6 is 11.3 Å². The standard InChI is InChI=1S/C22H16N4O3S2/c1-15-8-9-24-20(12-15)16-2-4-18(5-3-16)29-21-7-6-19(13-17(21)14-23)31(27,28)26-22-25-10-11-30-22/h2-13H,1H3,(H,25,26). The predicted molar refractivity (Wildman–Crippen MR) is 119 cm³/mol. The van der Waals surface area contributed by atoms with E-state index in [1.165, 1.54) is 24.4 Å². The van der Waals surface area contributed by atoms with E-state index < -0.39 is 10.0 Å². The lowest BCUT2D eigenvalue weighted by molar-refractivity contribution is 0.480. The summed E-state index contributed by atoms with van der Waals surface area (Å²) in [5.74, 6) is 0.779. The van der Waals surface area contributed by atoms with Crippen LogP contribution in [0, 0.1) is 18.3 Å². The number of ether oxygens (including phenoxy) is 1. The van der Waals surface area contributed by atoms with Crippen LogP contribution in [-0.4, -0.2) is 18.4 Å². The minimum absolute atomic E-state index is 0.0486. The number of anilines is 1. The Kier molecular flexibility index (Phi) is 5.66. The largest absolute Gasteiger partial charge is 0.456 e. The third kappa shape index (κ3) is 4.71. The lowest BCUT2D eigenvalue weighted by Crippen LogP contribution is -2.13. The van der Waals surface area contributed by atoms with Gasteiger partial charge in [0.2, 0.25) is 0 Å². The fourth-order valence-corrected chi connectivity index (χ4v) is 4.63. The van der Waals surface area contributed by atoms with Gasteiger partial charge in [-0.05, 0) is 67.1 Å². The average molecular weight is 449 g/mol. The highest BCUT2D eigenvalue weighted by Gasteiger charge is 2.18. The highest BCUT2D eigenvalue weighted by Crippen LogP contribution is 2.29. The molecule has 2 heterocycles. The zero-order valence-corrected chi connectivity index (χ0v) is 17.9. The Morgan fingerprint density at radius 2 is 1.84 bits per heavy atom. The summed E-state index contributed by atoms with van der Waals surface area (Å²) in [6, 6.07) is 17.3. The van der Waals surface area contributed by atoms with Crippen molar-refractivity contribution in [3.05, 3.63) is 83.5 Å². The number of rotatable bonds is 6. The molecule has 9 heteroatoms. The fourth-order valence-electron chi connectivity index (χ4n) is 2.82. The van der Waals surface area contributed by atoms with Crippen molar-refractivity contribution in [2.24, 2.45) is 0 Å². The summed E-state index contributed by atoms with van der Waals surface area (Å²) in [4.78, 5) is 8.22. The summed E-state index contributed by atoms with van der Waals surface area (Å²) in [6.45, 7) is 2.00. The van der Waals surface area contributed by atoms with E-state index in [1.807, 2.05) is 37.3 Å². The van der Waals surface area contributed by atoms with Gasteiger partial charge in [0.25, 0.3) is 10.0 Å². The van der Waals surface area contributed by atoms with Crippen molar-refractivity contribution in [3.8, 4) is 28.8 Å². The fraction of sp³-hybridized carbons (Fsp3) is 0.0455. The maximum atomic E-state index is 12.5. The molecule has 4 rings (SSSR count). The molecule has 31 heavy (non-hydrogen) atoms. The number of benzene rings is 2. The van der Waals surface area contributed by atoms with Crippen LogP contribution in [0.2, 0.25) is 0 Å². The van der Waals surface area contributed by atoms with Crippen molar-refractivity contribution in [2.75, 3.05) is 4.72 Å². The number of pyridine rings is 1. The number of nitrogens with zero attached hydrogens (tertiary/aromatic N) is 3. The first-order valence-corrected chi connectivity index (χ1v) is 11.5. The van der Waals surface area contributed by atoms with Gasteiger partial charge in [0.1, 0.15) is 17.6 Å². The molecule has 2 aromatic carbocycles. The minimum atomic E-state index is -3.86. The Bertz CT molecular complexity index is 1360. The zero-order valence-electron chi connectivity index (χ0n) is 16.3. The molecule has 2 aromatic heterocycles. The summed E-state index contributed by atoms with van der Waals surface area (Å²) < 4.78 is 33.3. The van der Waals surface area contributed by atoms with Gasteiger partial charge in [-0.2, -0.15) is 5.26 Å². The second-order valence-corrected chi connectivity index (χ2v) is 9.13. The molecule has 0 aliphatic rings. The molecule has 0 aliphatic heterocycles. The molecule has 0 saturated heterocycles. The number of thiazole rings is 1. The van der Waals surface area contributed by atoms with Crippen LogP contribution in [0.15, 0.2) is 77.3 Å². The SMILES string of the molecule is Cc1ccnc(-c2ccc(Oc3ccc(S(=O)(=O)Nc4nccs4)cc3C#N)cc2)c1. The zero-order chi connectivity index (χ0) is 21.8. The molecule has 0 spiro atoms. The van der Waals surface area contributed by atoms with E-state index >= 15 is 0 Å². The van der Waals surface area contributed by atoms with Crippen LogP contribution in [0.4, 0.5) is 5.13 Å². The molecule has 4 aromatic rings. The van der Waals surface area contributed by atoms with Crippen molar-refractivity contribution in [1.29, 1.82) is 5.26 Å². The second kappa shape index (κ2) is 8.55. The number of hydrogen-bond acceptors (Lipinski definition) is 7. The molecule has 0 saturated carbocycles. The molecule has 0 unspecified atom stereocenters. The Labute approximate surface area is 183 Å². The number of sulfonamides is 1. The number of nitrogens with one attached hydrogen (secondary N) is 1. The van der Waals surface area contributed by atoms with Crippen molar-refractivity contribution in [3.63, 3.8) is 0 Å². The average Bonchev–Trinajstić information content (AvgIpc) is 3.27. The predicted octanol–water partition coefficient (Wildman–Crippen LogP) is 4.98. The van der Waals surface area contributed by atoms with Crippen molar-refractivity contribution in [2.45, 2.75) is 11.8 Å². The van der Waals surface area contributed by atoms with Crippen LogP contribution in [0.25, 0.3) is 11.3 Å². The molecule has 0 amide bonds. The highest BCUT2D eigenvalue weighted by molar-refractivity contribution is 7.93. The van der Waals surface area contributed by atoms with E-state index in [0.717, 1.165) is 28.2 Å². The van der Waals surface area contributed by atoms with E-state index in [4.69, 9.17) is 4.74 Å². The van der Waals surface area contributed by atoms with Crippen LogP contribution < -0.4 is 9.46 Å². The minimum Gasteiger partial charge on any atom is -0.456 e. The first-order valence-electron chi connectivity index (χ1n) is 9.12. The summed E-state index contributed by atoms with van der Waals surface area (Å²) in [7, 11) is -3.86. The molecular formula is C22H16N4O3S2. The summed E-state index contributed by atoms with van der Waals surface area (Å²) in [6.07, 6.45) is 3.26. The molecular weight excluding hydrogens is 432 g/mol. The lowest BCUT2D eigenvalue weighted by Gasteiger charge is -2.10. The number of aryl methyl sites for hydroxylation is 1. The van der Waals surface area contributed by atoms with Gasteiger partial charge in [0.15, 0.2) is 5.13 Å². The number of aromatic nitrogens is 2. The third-order valence-electron chi connectivity index (χ3n) is 4.33. The Morgan fingerprint density at radius 3 is 2.52 bits per heavy atom. The third-order valence-corrected chi connectivity index (χ3v) is 6.48. The van der Waals surface area contributed by atoms with Gasteiger partial charge < -0.3 is 4.74 Å². The lowest BCUT2D eigenvalue weighted by atomic mass is 10.1. The number of hydrogen-bond donors (Lipinski definition) is 1. The van der Waals surface area contributed by atoms with E-state index in [2.05, 4.69) is 14.7 Å². The van der Waals surface area contributed by atoms with E-state index in [0.29, 0.717) is 5.75 Å². The normalized spacial score (nSPS) is 11.0. The first kappa shape index (κ1) is 20.5. The highest BCUT2D eigenvalue weighted by atomic mass is 32.2. The maximum absolute atomic E-state index is 12.5. The second-order valence-electron chi connectivity index (χ2n) is 6.56. The summed E-state index contributed by atoms with van der Waals surface area (Å²) >= 11 is 1.16. The molecule has 0 fully saturated rings. The van der Waals surface area contributed by atoms with Gasteiger partial charge in [-0.25, -0.2) is 13.4 Å². The maximum Gasteiger partial charge on any atom is 0.263 e. The van der Waals surface area contributed by atoms with Crippen molar-refractivity contribution < 1.29 is 13.2 Å². The molecule has 0 radical (unpaired) electrons. The van der Waals surface area contributed by atoms with Gasteiger partial charge in [0, 0.05) is 23.3 Å². The van der Waals surface area contributed by atoms with E-state index in [1.54, 1.807) is 23.7 Å². The van der Waals surface area contributed by atoms with Crippen LogP contribution in [0.1, 0.15) is 11.1 Å². The van der Waals surface area contributed by atoms with Gasteiger partial charge in [-0.1, -0.05) is 0 Å². The first-order chi connectivity index (χ1) is 14.9. The smallest absolute Gasteiger partial charge is 0.263 e. The Hall–Kier alpha value is -3.74. The van der Waals surface area contributed by atoms with E-state index in [-0.39, 0.29) is 21.3 Å². The molecule has 154 valence electrons. The van der Waals surface area contributed by atoms with Crippen LogP contribution in [0.5, 0.6) is 11.5 Å². The topological polar surface area (TPSA) is 105 Å². The molecule has 0 aliphatic carbocycles. The Morgan fingerprint density at radius 1 is 1.03 bits per heavy atom. The van der Waals surface area contributed by atoms with Gasteiger partial charge in [-0.3, -0.25) is 9.71 Å². The van der Waals surface area contributed by atoms with Gasteiger partial charge in [0.05, 0.1) is 16.2 Å². The van der Waals surface area contributed by atoms with Crippen LogP contribution in [-0.2, 0) is 10.0 Å². The van der Waals surface area contributed by atoms with Gasteiger partial charge in [-0.15, -0.1) is 11.3 Å². The monoisotopic (exact) mass is 448 g/mol. The quantitative estimate of drug-likeness (QED) is 0.446.